The van der Waals surface area contributed by atoms with Gasteiger partial charge in [0, 0.05) is 49.3 Å². The Morgan fingerprint density at radius 2 is 0.762 bits per heavy atom. The number of halogens is 4. The first kappa shape index (κ1) is 27.6. The van der Waals surface area contributed by atoms with E-state index in [4.69, 9.17) is 0 Å². The summed E-state index contributed by atoms with van der Waals surface area (Å²) >= 11 is 27.3. The fourth-order valence-corrected chi connectivity index (χ4v) is 17.7. The van der Waals surface area contributed by atoms with E-state index in [1.165, 1.54) is 108 Å². The molecule has 0 saturated carbocycles. The van der Waals surface area contributed by atoms with Gasteiger partial charge in [0.05, 0.1) is 47.3 Å². The van der Waals surface area contributed by atoms with Gasteiger partial charge in [0.1, 0.15) is 0 Å². The van der Waals surface area contributed by atoms with Crippen LogP contribution in [0.1, 0.15) is 11.1 Å². The third-order valence-electron chi connectivity index (χ3n) is 7.60. The zero-order chi connectivity index (χ0) is 28.6. The average Bonchev–Trinajstić information content (AvgIpc) is 3.78. The zero-order valence-corrected chi connectivity index (χ0v) is 32.8. The van der Waals surface area contributed by atoms with Crippen LogP contribution in [0.15, 0.2) is 66.4 Å². The normalized spacial score (nSPS) is 12.5. The van der Waals surface area contributed by atoms with E-state index in [1.807, 2.05) is 68.0 Å². The van der Waals surface area contributed by atoms with Gasteiger partial charge in [-0.1, -0.05) is 24.3 Å². The van der Waals surface area contributed by atoms with Crippen molar-refractivity contribution in [1.82, 2.24) is 0 Å². The molecule has 0 unspecified atom stereocenters. The van der Waals surface area contributed by atoms with E-state index in [-0.39, 0.29) is 0 Å². The maximum atomic E-state index is 4.02. The van der Waals surface area contributed by atoms with Gasteiger partial charge in [0.15, 0.2) is 0 Å². The van der Waals surface area contributed by atoms with Gasteiger partial charge >= 0.3 is 0 Å². The largest absolute Gasteiger partial charge is 0.133 e. The third-order valence-corrected chi connectivity index (χ3v) is 20.1. The molecule has 0 aliphatic heterocycles. The first-order chi connectivity index (χ1) is 20.3. The lowest BCUT2D eigenvalue weighted by molar-refractivity contribution is 1.52. The van der Waals surface area contributed by atoms with Crippen molar-refractivity contribution in [3.63, 3.8) is 0 Å². The molecule has 206 valence electrons. The number of aryl methyl sites for hydroxylation is 2. The number of benzene rings is 3. The Labute approximate surface area is 298 Å². The van der Waals surface area contributed by atoms with Crippen molar-refractivity contribution in [3.05, 3.63) is 77.5 Å². The Bertz CT molecular complexity index is 2420. The lowest BCUT2D eigenvalue weighted by Gasteiger charge is -1.97. The van der Waals surface area contributed by atoms with Crippen molar-refractivity contribution in [2.45, 2.75) is 13.8 Å². The first-order valence-corrected chi connectivity index (χ1v) is 20.9. The Balaban J connectivity index is 1.22. The molecule has 0 spiro atoms. The van der Waals surface area contributed by atoms with Crippen LogP contribution in [-0.2, 0) is 0 Å². The minimum absolute atomic E-state index is 1.20. The second-order valence-electron chi connectivity index (χ2n) is 10.3. The number of rotatable bonds is 2. The summed E-state index contributed by atoms with van der Waals surface area (Å²) < 4.78 is 15.6. The minimum Gasteiger partial charge on any atom is -0.133 e. The molecule has 9 rings (SSSR count). The lowest BCUT2D eigenvalue weighted by Crippen LogP contribution is -1.70. The third kappa shape index (κ3) is 3.93. The molecule has 0 N–H and O–H groups in total. The standard InChI is InChI=1S/C32H14Br4S6/c1-11-3-5-13-17(7-11)37-27(21(13)33)31-23(35)29-25(41-31)15-9-20-16(10-19(15)39-29)26-30(40-20)24(36)32(42-26)28-22(34)14-6-4-12(2)8-18(14)38-28/h3-10H,1-2H3. The van der Waals surface area contributed by atoms with Gasteiger partial charge in [-0.15, -0.1) is 68.0 Å². The van der Waals surface area contributed by atoms with E-state index in [0.717, 1.165) is 0 Å². The highest BCUT2D eigenvalue weighted by Crippen LogP contribution is 2.57. The molecular weight excluding hydrogens is 896 g/mol. The molecule has 6 aromatic heterocycles. The van der Waals surface area contributed by atoms with Gasteiger partial charge in [-0.3, -0.25) is 0 Å². The van der Waals surface area contributed by atoms with Crippen LogP contribution in [0.25, 0.3) is 78.7 Å². The molecule has 0 aliphatic carbocycles. The summed E-state index contributed by atoms with van der Waals surface area (Å²) in [6.45, 7) is 4.32. The van der Waals surface area contributed by atoms with E-state index >= 15 is 0 Å². The van der Waals surface area contributed by atoms with Crippen LogP contribution in [0, 0.1) is 13.8 Å². The topological polar surface area (TPSA) is 0 Å². The highest BCUT2D eigenvalue weighted by atomic mass is 79.9. The molecule has 0 bridgehead atoms. The fourth-order valence-electron chi connectivity index (χ4n) is 5.56. The maximum Gasteiger partial charge on any atom is 0.0618 e. The van der Waals surface area contributed by atoms with E-state index in [1.54, 1.807) is 0 Å². The fraction of sp³-hybridized carbons (Fsp3) is 0.0625. The van der Waals surface area contributed by atoms with Crippen molar-refractivity contribution in [3.8, 4) is 19.5 Å². The van der Waals surface area contributed by atoms with E-state index < -0.39 is 0 Å². The van der Waals surface area contributed by atoms with E-state index in [9.17, 15) is 0 Å². The monoisotopic (exact) mass is 906 g/mol. The molecule has 42 heavy (non-hydrogen) atoms. The lowest BCUT2D eigenvalue weighted by atomic mass is 10.2. The van der Waals surface area contributed by atoms with E-state index in [2.05, 4.69) is 126 Å². The molecule has 0 radical (unpaired) electrons. The number of thiophene rings is 6. The van der Waals surface area contributed by atoms with Crippen LogP contribution in [0.5, 0.6) is 0 Å². The number of fused-ring (bicyclic) bond motifs is 8. The first-order valence-electron chi connectivity index (χ1n) is 12.8. The molecule has 0 amide bonds. The van der Waals surface area contributed by atoms with Gasteiger partial charge in [-0.05, 0) is 113 Å². The van der Waals surface area contributed by atoms with Crippen molar-refractivity contribution < 1.29 is 0 Å². The summed E-state index contributed by atoms with van der Waals surface area (Å²) in [5.41, 5.74) is 2.59. The Morgan fingerprint density at radius 3 is 1.19 bits per heavy atom. The van der Waals surface area contributed by atoms with Crippen molar-refractivity contribution >= 4 is 191 Å². The van der Waals surface area contributed by atoms with Crippen LogP contribution in [0.2, 0.25) is 0 Å². The molecule has 0 atom stereocenters. The number of hydrogen-bond donors (Lipinski definition) is 0. The molecule has 10 heteroatoms. The predicted octanol–water partition coefficient (Wildman–Crippen LogP) is 16.0. The Morgan fingerprint density at radius 1 is 0.381 bits per heavy atom. The molecule has 3 aromatic carbocycles. The quantitative estimate of drug-likeness (QED) is 0.162. The molecule has 0 aliphatic rings. The van der Waals surface area contributed by atoms with Gasteiger partial charge < -0.3 is 0 Å². The summed E-state index contributed by atoms with van der Waals surface area (Å²) in [5.74, 6) is 0. The Kier molecular flexibility index (Phi) is 6.53. The van der Waals surface area contributed by atoms with Crippen molar-refractivity contribution in [1.29, 1.82) is 0 Å². The van der Waals surface area contributed by atoms with E-state index in [0.29, 0.717) is 0 Å². The summed E-state index contributed by atoms with van der Waals surface area (Å²) in [4.78, 5) is 5.24. The molecule has 0 fully saturated rings. The second kappa shape index (κ2) is 9.92. The molecular formula is C32H14Br4S6. The highest BCUT2D eigenvalue weighted by Gasteiger charge is 2.24. The summed E-state index contributed by atoms with van der Waals surface area (Å²) in [6.07, 6.45) is 0. The van der Waals surface area contributed by atoms with Crippen molar-refractivity contribution in [2.75, 3.05) is 0 Å². The number of hydrogen-bond acceptors (Lipinski definition) is 6. The minimum atomic E-state index is 1.20. The predicted molar refractivity (Wildman–Crippen MR) is 210 cm³/mol. The molecule has 6 heterocycles. The zero-order valence-electron chi connectivity index (χ0n) is 21.6. The van der Waals surface area contributed by atoms with Gasteiger partial charge in [-0.25, -0.2) is 0 Å². The van der Waals surface area contributed by atoms with Crippen LogP contribution < -0.4 is 0 Å². The summed E-state index contributed by atoms with van der Waals surface area (Å²) in [7, 11) is 0. The molecule has 9 aromatic rings. The van der Waals surface area contributed by atoms with Gasteiger partial charge in [-0.2, -0.15) is 0 Å². The maximum absolute atomic E-state index is 4.02. The second-order valence-corrected chi connectivity index (χ2v) is 19.8. The average molecular weight is 910 g/mol. The highest BCUT2D eigenvalue weighted by molar-refractivity contribution is 9.11. The van der Waals surface area contributed by atoms with Crippen LogP contribution in [-0.4, -0.2) is 0 Å². The summed E-state index contributed by atoms with van der Waals surface area (Å²) in [6, 6.07) is 18.3. The van der Waals surface area contributed by atoms with Crippen LogP contribution >= 0.6 is 132 Å². The smallest absolute Gasteiger partial charge is 0.0618 e. The van der Waals surface area contributed by atoms with Crippen LogP contribution in [0.3, 0.4) is 0 Å². The molecule has 0 saturated heterocycles. The Hall–Kier alpha value is -0.660. The van der Waals surface area contributed by atoms with Gasteiger partial charge in [0.25, 0.3) is 0 Å². The summed E-state index contributed by atoms with van der Waals surface area (Å²) in [5, 5.41) is 5.30. The SMILES string of the molecule is Cc1ccc2c(Br)c(-c3sc4c(sc5cc6c(cc54)sc4c(Br)c(-c5sc7cc(C)ccc7c5Br)sc46)c3Br)sc2c1. The van der Waals surface area contributed by atoms with Crippen molar-refractivity contribution in [2.24, 2.45) is 0 Å². The molecule has 0 nitrogen and oxygen atoms in total. The van der Waals surface area contributed by atoms with Crippen LogP contribution in [0.4, 0.5) is 0 Å². The van der Waals surface area contributed by atoms with Gasteiger partial charge in [0.2, 0.25) is 0 Å².